The Morgan fingerprint density at radius 3 is 1.90 bits per heavy atom. The van der Waals surface area contributed by atoms with Gasteiger partial charge in [-0.1, -0.05) is 0 Å². The van der Waals surface area contributed by atoms with Crippen molar-refractivity contribution in [1.29, 1.82) is 0 Å². The fraction of sp³-hybridized carbons (Fsp3) is 1.00. The molecule has 0 saturated carbocycles. The van der Waals surface area contributed by atoms with Gasteiger partial charge in [0, 0.05) is 25.8 Å². The maximum Gasteiger partial charge on any atom is 0.0587 e. The van der Waals surface area contributed by atoms with E-state index in [4.69, 9.17) is 0 Å². The number of aliphatic hydroxyl groups is 1. The zero-order valence-corrected chi connectivity index (χ0v) is 8.94. The molecule has 0 aliphatic carbocycles. The number of thiol groups is 1. The van der Waals surface area contributed by atoms with Crippen molar-refractivity contribution in [2.24, 2.45) is 0 Å². The minimum atomic E-state index is -0.415. The first-order valence-electron chi connectivity index (χ1n) is 3.06. The second-order valence-corrected chi connectivity index (χ2v) is 2.67. The molecule has 1 aliphatic rings. The summed E-state index contributed by atoms with van der Waals surface area (Å²) in [4.78, 5) is 0. The quantitative estimate of drug-likeness (QED) is 0.451. The van der Waals surface area contributed by atoms with Gasteiger partial charge in [-0.2, -0.15) is 0 Å². The summed E-state index contributed by atoms with van der Waals surface area (Å²) in [6.45, 7) is 3.56. The second kappa shape index (κ2) is 5.75. The Hall–Kier alpha value is 1.14. The molecule has 0 amide bonds. The topological polar surface area (TPSA) is 34.3 Å². The van der Waals surface area contributed by atoms with Crippen LogP contribution in [0, 0.1) is 0 Å². The third-order valence-electron chi connectivity index (χ3n) is 1.62. The predicted octanol–water partition coefficient (Wildman–Crippen LogP) is 0.632. The van der Waals surface area contributed by atoms with Crippen molar-refractivity contribution < 1.29 is 30.9 Å². The molecule has 1 heterocycles. The Bertz CT molecular complexity index is 81.8. The number of hydrogen-bond donors (Lipinski definition) is 1. The van der Waals surface area contributed by atoms with E-state index < -0.39 is 5.60 Å². The van der Waals surface area contributed by atoms with Gasteiger partial charge in [-0.3, -0.25) is 0 Å². The summed E-state index contributed by atoms with van der Waals surface area (Å²) in [7, 11) is 0. The van der Waals surface area contributed by atoms with E-state index >= 15 is 0 Å². The number of hydrogen-bond acceptors (Lipinski definition) is 2. The summed E-state index contributed by atoms with van der Waals surface area (Å²) in [6.07, 6.45) is 1.68. The smallest absolute Gasteiger partial charge is 0.0587 e. The zero-order chi connectivity index (χ0) is 6.04. The van der Waals surface area contributed by atoms with Crippen LogP contribution in [0.2, 0.25) is 0 Å². The Balaban J connectivity index is 0. The van der Waals surface area contributed by atoms with E-state index in [1.807, 2.05) is 6.92 Å². The van der Waals surface area contributed by atoms with Crippen molar-refractivity contribution in [3.63, 3.8) is 0 Å². The van der Waals surface area contributed by atoms with Crippen LogP contribution in [0.1, 0.15) is 19.8 Å². The van der Waals surface area contributed by atoms with Crippen LogP contribution in [0.4, 0.5) is 0 Å². The van der Waals surface area contributed by atoms with Gasteiger partial charge in [-0.25, -0.2) is 0 Å². The van der Waals surface area contributed by atoms with Crippen molar-refractivity contribution >= 4 is 13.5 Å². The van der Waals surface area contributed by atoms with Crippen LogP contribution < -0.4 is 0 Å². The van der Waals surface area contributed by atoms with Gasteiger partial charge in [0.05, 0.1) is 5.60 Å². The molecule has 0 unspecified atom stereocenters. The van der Waals surface area contributed by atoms with Crippen molar-refractivity contribution in [2.45, 2.75) is 25.4 Å². The first kappa shape index (κ1) is 13.7. The van der Waals surface area contributed by atoms with Gasteiger partial charge in [0.1, 0.15) is 0 Å². The van der Waals surface area contributed by atoms with Crippen LogP contribution in [0.5, 0.6) is 0 Å². The molecule has 1 saturated heterocycles. The van der Waals surface area contributed by atoms with Gasteiger partial charge in [0.25, 0.3) is 0 Å². The number of nitrogens with zero attached hydrogens (tertiary/aromatic N) is 1. The summed E-state index contributed by atoms with van der Waals surface area (Å²) < 4.78 is 0. The average Bonchev–Trinajstić information content (AvgIpc) is 1.65. The molecule has 1 rings (SSSR count). The number of rotatable bonds is 0. The molecule has 59 valence electrons. The van der Waals surface area contributed by atoms with Crippen LogP contribution in [0.25, 0.3) is 5.32 Å². The molecule has 0 aromatic carbocycles. The summed E-state index contributed by atoms with van der Waals surface area (Å²) in [6, 6.07) is 0. The molecule has 4 heteroatoms. The Labute approximate surface area is 88.0 Å². The minimum absolute atomic E-state index is 0. The fourth-order valence-electron chi connectivity index (χ4n) is 0.877. The summed E-state index contributed by atoms with van der Waals surface area (Å²) in [5.41, 5.74) is -0.415. The molecule has 0 bridgehead atoms. The molecular weight excluding hydrogens is 179 g/mol. The Morgan fingerprint density at radius 2 is 1.70 bits per heavy atom. The van der Waals surface area contributed by atoms with E-state index in [2.05, 4.69) is 5.32 Å². The first-order valence-corrected chi connectivity index (χ1v) is 3.06. The molecular formula is C6H13NOSSc-2. The second-order valence-electron chi connectivity index (χ2n) is 2.67. The minimum Gasteiger partial charge on any atom is -0.813 e. The first-order chi connectivity index (χ1) is 3.71. The van der Waals surface area contributed by atoms with E-state index in [1.54, 1.807) is 0 Å². The monoisotopic (exact) mass is 192 g/mol. The molecule has 1 aliphatic heterocycles. The maximum atomic E-state index is 9.31. The van der Waals surface area contributed by atoms with Crippen LogP contribution >= 0.6 is 0 Å². The maximum absolute atomic E-state index is 9.31. The van der Waals surface area contributed by atoms with Crippen LogP contribution in [-0.2, 0) is 39.3 Å². The van der Waals surface area contributed by atoms with E-state index in [9.17, 15) is 5.11 Å². The molecule has 1 radical (unpaired) electrons. The largest absolute Gasteiger partial charge is 0.813 e. The standard InChI is InChI=1S/C6H12NO.H2S.Sc/c1-6(8)2-4-7-5-3-6;;/h8H,2-5H2,1H3;1H2;/q-1;;/p-1. The van der Waals surface area contributed by atoms with Crippen molar-refractivity contribution in [2.75, 3.05) is 13.1 Å². The zero-order valence-electron chi connectivity index (χ0n) is 6.25. The third kappa shape index (κ3) is 4.88. The Kier molecular flexibility index (Phi) is 7.88. The third-order valence-corrected chi connectivity index (χ3v) is 1.62. The van der Waals surface area contributed by atoms with Gasteiger partial charge in [0.2, 0.25) is 0 Å². The van der Waals surface area contributed by atoms with E-state index in [-0.39, 0.29) is 39.3 Å². The molecule has 2 nitrogen and oxygen atoms in total. The van der Waals surface area contributed by atoms with Gasteiger partial charge in [-0.05, 0) is 19.8 Å². The fourth-order valence-corrected chi connectivity index (χ4v) is 0.877. The van der Waals surface area contributed by atoms with Crippen LogP contribution in [0.3, 0.4) is 0 Å². The van der Waals surface area contributed by atoms with Crippen molar-refractivity contribution in [1.82, 2.24) is 0 Å². The van der Waals surface area contributed by atoms with Crippen LogP contribution in [0.15, 0.2) is 0 Å². The van der Waals surface area contributed by atoms with E-state index in [0.29, 0.717) is 0 Å². The molecule has 0 aromatic rings. The SMILES string of the molecule is CC1(O)CC[N-]CC1.[SH-].[Sc]. The Morgan fingerprint density at radius 1 is 1.30 bits per heavy atom. The van der Waals surface area contributed by atoms with Gasteiger partial charge in [0.15, 0.2) is 0 Å². The van der Waals surface area contributed by atoms with Crippen molar-refractivity contribution in [3.05, 3.63) is 5.32 Å². The summed E-state index contributed by atoms with van der Waals surface area (Å²) >= 11 is 0. The van der Waals surface area contributed by atoms with Gasteiger partial charge >= 0.3 is 0 Å². The molecule has 10 heavy (non-hydrogen) atoms. The molecule has 1 N–H and O–H groups in total. The van der Waals surface area contributed by atoms with E-state index in [1.165, 1.54) is 0 Å². The summed E-state index contributed by atoms with van der Waals surface area (Å²) in [5.74, 6) is 0. The normalized spacial score (nSPS) is 22.2. The molecule has 0 aromatic heterocycles. The van der Waals surface area contributed by atoms with Gasteiger partial charge in [-0.15, -0.1) is 13.1 Å². The summed E-state index contributed by atoms with van der Waals surface area (Å²) in [5, 5.41) is 13.4. The number of piperidine rings is 1. The van der Waals surface area contributed by atoms with Crippen molar-refractivity contribution in [3.8, 4) is 0 Å². The molecule has 1 fully saturated rings. The molecule has 0 spiro atoms. The van der Waals surface area contributed by atoms with Crippen LogP contribution in [-0.4, -0.2) is 23.8 Å². The van der Waals surface area contributed by atoms with E-state index in [0.717, 1.165) is 25.9 Å². The average molecular weight is 192 g/mol. The predicted molar refractivity (Wildman–Crippen MR) is 41.7 cm³/mol. The molecule has 0 atom stereocenters. The van der Waals surface area contributed by atoms with Gasteiger partial charge < -0.3 is 23.9 Å².